The average molecular weight is 315 g/mol. The van der Waals surface area contributed by atoms with E-state index in [1.807, 2.05) is 54.8 Å². The highest BCUT2D eigenvalue weighted by Crippen LogP contribution is 2.24. The molecule has 2 heterocycles. The molecule has 21 heavy (non-hydrogen) atoms. The number of hydrogen-bond acceptors (Lipinski definition) is 5. The minimum absolute atomic E-state index is 0.0263. The topological polar surface area (TPSA) is 54.9 Å². The lowest BCUT2D eigenvalue weighted by molar-refractivity contribution is 0.0939. The highest BCUT2D eigenvalue weighted by Gasteiger charge is 2.17. The van der Waals surface area contributed by atoms with Crippen LogP contribution in [0.15, 0.2) is 47.8 Å². The van der Waals surface area contributed by atoms with E-state index >= 15 is 0 Å². The Morgan fingerprint density at radius 3 is 2.67 bits per heavy atom. The first-order valence-electron chi connectivity index (χ1n) is 6.47. The predicted octanol–water partition coefficient (Wildman–Crippen LogP) is 3.76. The highest BCUT2D eigenvalue weighted by molar-refractivity contribution is 7.16. The molecule has 0 saturated carbocycles. The third-order valence-electron chi connectivity index (χ3n) is 2.96. The fourth-order valence-electron chi connectivity index (χ4n) is 1.88. The monoisotopic (exact) mass is 315 g/mol. The first-order valence-corrected chi connectivity index (χ1v) is 8.17. The number of rotatable bonds is 4. The molecular formula is C15H13N3OS2. The molecule has 1 amide bonds. The summed E-state index contributed by atoms with van der Waals surface area (Å²) in [7, 11) is 0. The first-order chi connectivity index (χ1) is 10.2. The van der Waals surface area contributed by atoms with Gasteiger partial charge < -0.3 is 5.32 Å². The van der Waals surface area contributed by atoms with Gasteiger partial charge in [0.1, 0.15) is 5.01 Å². The summed E-state index contributed by atoms with van der Waals surface area (Å²) in [4.78, 5) is 13.3. The van der Waals surface area contributed by atoms with Gasteiger partial charge in [0, 0.05) is 10.4 Å². The van der Waals surface area contributed by atoms with Crippen LogP contribution in [0.4, 0.5) is 0 Å². The molecule has 0 fully saturated rings. The number of aromatic nitrogens is 2. The van der Waals surface area contributed by atoms with E-state index in [1.54, 1.807) is 11.3 Å². The van der Waals surface area contributed by atoms with E-state index < -0.39 is 0 Å². The van der Waals surface area contributed by atoms with E-state index in [9.17, 15) is 4.79 Å². The van der Waals surface area contributed by atoms with E-state index in [4.69, 9.17) is 0 Å². The second-order valence-electron chi connectivity index (χ2n) is 4.49. The zero-order chi connectivity index (χ0) is 14.7. The van der Waals surface area contributed by atoms with Gasteiger partial charge in [-0.25, -0.2) is 0 Å². The molecule has 6 heteroatoms. The molecule has 2 aromatic heterocycles. The van der Waals surface area contributed by atoms with Crippen molar-refractivity contribution in [1.82, 2.24) is 15.5 Å². The van der Waals surface area contributed by atoms with Crippen molar-refractivity contribution in [3.8, 4) is 10.6 Å². The Morgan fingerprint density at radius 1 is 1.14 bits per heavy atom. The number of nitrogens with one attached hydrogen (secondary N) is 1. The van der Waals surface area contributed by atoms with E-state index in [2.05, 4.69) is 15.5 Å². The summed E-state index contributed by atoms with van der Waals surface area (Å²) in [6.45, 7) is 1.96. The van der Waals surface area contributed by atoms with Crippen LogP contribution in [0.3, 0.4) is 0 Å². The zero-order valence-corrected chi connectivity index (χ0v) is 12.9. The van der Waals surface area contributed by atoms with Crippen molar-refractivity contribution in [2.75, 3.05) is 0 Å². The zero-order valence-electron chi connectivity index (χ0n) is 11.3. The molecule has 0 unspecified atom stereocenters. The minimum Gasteiger partial charge on any atom is -0.343 e. The van der Waals surface area contributed by atoms with Gasteiger partial charge in [0.2, 0.25) is 5.01 Å². The number of amides is 1. The summed E-state index contributed by atoms with van der Waals surface area (Å²) in [5.41, 5.74) is 0.973. The maximum absolute atomic E-state index is 12.2. The molecule has 3 aromatic rings. The smallest absolute Gasteiger partial charge is 0.282 e. The Bertz CT molecular complexity index is 722. The van der Waals surface area contributed by atoms with Crippen molar-refractivity contribution in [3.63, 3.8) is 0 Å². The summed E-state index contributed by atoms with van der Waals surface area (Å²) in [6.07, 6.45) is 0. The molecule has 0 aliphatic heterocycles. The number of benzene rings is 1. The lowest BCUT2D eigenvalue weighted by Crippen LogP contribution is -2.25. The van der Waals surface area contributed by atoms with Crippen LogP contribution in [0.25, 0.3) is 10.6 Å². The maximum Gasteiger partial charge on any atom is 0.282 e. The number of carbonyl (C=O) groups excluding carboxylic acids is 1. The van der Waals surface area contributed by atoms with Gasteiger partial charge in [0.15, 0.2) is 0 Å². The quantitative estimate of drug-likeness (QED) is 0.797. The first kappa shape index (κ1) is 13.9. The number of hydrogen-bond donors (Lipinski definition) is 1. The fraction of sp³-hybridized carbons (Fsp3) is 0.133. The SMILES string of the molecule is C[C@@H](NC(=O)c1nnc(-c2ccccc2)s1)c1cccs1. The van der Waals surface area contributed by atoms with Crippen LogP contribution in [-0.2, 0) is 0 Å². The fourth-order valence-corrected chi connectivity index (χ4v) is 3.37. The van der Waals surface area contributed by atoms with Gasteiger partial charge in [-0.05, 0) is 18.4 Å². The minimum atomic E-state index is -0.185. The van der Waals surface area contributed by atoms with Crippen molar-refractivity contribution in [3.05, 3.63) is 57.7 Å². The van der Waals surface area contributed by atoms with Gasteiger partial charge in [0.25, 0.3) is 5.91 Å². The molecule has 106 valence electrons. The van der Waals surface area contributed by atoms with E-state index in [-0.39, 0.29) is 11.9 Å². The molecule has 0 spiro atoms. The number of thiophene rings is 1. The second kappa shape index (κ2) is 6.15. The van der Waals surface area contributed by atoms with Crippen molar-refractivity contribution >= 4 is 28.6 Å². The van der Waals surface area contributed by atoms with Crippen molar-refractivity contribution < 1.29 is 4.79 Å². The van der Waals surface area contributed by atoms with Crippen LogP contribution in [0.2, 0.25) is 0 Å². The summed E-state index contributed by atoms with van der Waals surface area (Å²) in [5.74, 6) is -0.185. The largest absolute Gasteiger partial charge is 0.343 e. The standard InChI is InChI=1S/C15H13N3OS2/c1-10(12-8-5-9-20-12)16-13(19)15-18-17-14(21-15)11-6-3-2-4-7-11/h2-10H,1H3,(H,16,19)/t10-/m1/s1. The molecule has 0 aliphatic carbocycles. The van der Waals surface area contributed by atoms with Gasteiger partial charge in [-0.2, -0.15) is 0 Å². The van der Waals surface area contributed by atoms with Crippen LogP contribution in [0.1, 0.15) is 27.6 Å². The second-order valence-corrected chi connectivity index (χ2v) is 6.45. The van der Waals surface area contributed by atoms with Crippen LogP contribution in [0.5, 0.6) is 0 Å². The molecule has 3 rings (SSSR count). The molecule has 1 atom stereocenters. The lowest BCUT2D eigenvalue weighted by Gasteiger charge is -2.10. The van der Waals surface area contributed by atoms with Crippen molar-refractivity contribution in [2.24, 2.45) is 0 Å². The Morgan fingerprint density at radius 2 is 1.95 bits per heavy atom. The predicted molar refractivity (Wildman–Crippen MR) is 85.5 cm³/mol. The molecule has 0 saturated heterocycles. The third-order valence-corrected chi connectivity index (χ3v) is 4.98. The normalized spacial score (nSPS) is 12.0. The Hall–Kier alpha value is -2.05. The van der Waals surface area contributed by atoms with E-state index in [0.29, 0.717) is 5.01 Å². The van der Waals surface area contributed by atoms with E-state index in [0.717, 1.165) is 15.4 Å². The molecule has 4 nitrogen and oxygen atoms in total. The van der Waals surface area contributed by atoms with Crippen molar-refractivity contribution in [2.45, 2.75) is 13.0 Å². The summed E-state index contributed by atoms with van der Waals surface area (Å²) >= 11 is 2.93. The average Bonchev–Trinajstić information content (AvgIpc) is 3.20. The van der Waals surface area contributed by atoms with Gasteiger partial charge in [-0.15, -0.1) is 21.5 Å². The maximum atomic E-state index is 12.2. The number of carbonyl (C=O) groups is 1. The number of nitrogens with zero attached hydrogens (tertiary/aromatic N) is 2. The summed E-state index contributed by atoms with van der Waals surface area (Å²) < 4.78 is 0. The Kier molecular flexibility index (Phi) is 4.08. The van der Waals surface area contributed by atoms with Crippen LogP contribution >= 0.6 is 22.7 Å². The lowest BCUT2D eigenvalue weighted by atomic mass is 10.2. The van der Waals surface area contributed by atoms with Crippen LogP contribution in [0, 0.1) is 0 Å². The van der Waals surface area contributed by atoms with Crippen LogP contribution in [-0.4, -0.2) is 16.1 Å². The van der Waals surface area contributed by atoms with Crippen LogP contribution < -0.4 is 5.32 Å². The molecule has 0 aliphatic rings. The van der Waals surface area contributed by atoms with Crippen molar-refractivity contribution in [1.29, 1.82) is 0 Å². The van der Waals surface area contributed by atoms with E-state index in [1.165, 1.54) is 11.3 Å². The molecular weight excluding hydrogens is 302 g/mol. The van der Waals surface area contributed by atoms with Gasteiger partial charge >= 0.3 is 0 Å². The van der Waals surface area contributed by atoms with Gasteiger partial charge in [-0.1, -0.05) is 47.7 Å². The molecule has 0 radical (unpaired) electrons. The Balaban J connectivity index is 1.73. The molecule has 1 N–H and O–H groups in total. The molecule has 1 aromatic carbocycles. The Labute approximate surface area is 130 Å². The third kappa shape index (κ3) is 3.17. The van der Waals surface area contributed by atoms with Gasteiger partial charge in [-0.3, -0.25) is 4.79 Å². The summed E-state index contributed by atoms with van der Waals surface area (Å²) in [5, 5.41) is 14.2. The summed E-state index contributed by atoms with van der Waals surface area (Å²) in [6, 6.07) is 13.7. The molecule has 0 bridgehead atoms. The highest BCUT2D eigenvalue weighted by atomic mass is 32.1. The van der Waals surface area contributed by atoms with Gasteiger partial charge in [0.05, 0.1) is 6.04 Å².